The number of piperidine rings is 1. The van der Waals surface area contributed by atoms with Gasteiger partial charge in [0.2, 0.25) is 5.95 Å². The van der Waals surface area contributed by atoms with Crippen LogP contribution in [0.2, 0.25) is 0 Å². The molecule has 1 aliphatic rings. The fourth-order valence-electron chi connectivity index (χ4n) is 1.83. The molecule has 15 heavy (non-hydrogen) atoms. The van der Waals surface area contributed by atoms with Gasteiger partial charge in [-0.3, -0.25) is 0 Å². The van der Waals surface area contributed by atoms with Crippen molar-refractivity contribution in [2.75, 3.05) is 11.9 Å². The van der Waals surface area contributed by atoms with Gasteiger partial charge >= 0.3 is 0 Å². The second-order valence-corrected chi connectivity index (χ2v) is 4.86. The minimum Gasteiger partial charge on any atom is -0.351 e. The molecule has 4 nitrogen and oxygen atoms in total. The van der Waals surface area contributed by atoms with E-state index in [1.807, 2.05) is 0 Å². The Morgan fingerprint density at radius 2 is 2.20 bits per heavy atom. The van der Waals surface area contributed by atoms with Crippen molar-refractivity contribution in [2.45, 2.75) is 31.8 Å². The summed E-state index contributed by atoms with van der Waals surface area (Å²) in [5.74, 6) is 0.720. The summed E-state index contributed by atoms with van der Waals surface area (Å²) in [6.45, 7) is 3.27. The monoisotopic (exact) mass is 270 g/mol. The summed E-state index contributed by atoms with van der Waals surface area (Å²) in [4.78, 5) is 8.42. The summed E-state index contributed by atoms with van der Waals surface area (Å²) in [5.41, 5.74) is 0. The Hall–Kier alpha value is -0.680. The number of hydrogen-bond donors (Lipinski definition) is 2. The van der Waals surface area contributed by atoms with Crippen LogP contribution in [0.3, 0.4) is 0 Å². The highest BCUT2D eigenvalue weighted by molar-refractivity contribution is 9.10. The van der Waals surface area contributed by atoms with E-state index in [2.05, 4.69) is 43.5 Å². The van der Waals surface area contributed by atoms with Gasteiger partial charge in [-0.05, 0) is 42.2 Å². The molecule has 82 valence electrons. The molecule has 2 atom stereocenters. The maximum atomic E-state index is 4.21. The number of rotatable bonds is 2. The van der Waals surface area contributed by atoms with Crippen molar-refractivity contribution < 1.29 is 0 Å². The van der Waals surface area contributed by atoms with Crippen LogP contribution in [0.5, 0.6) is 0 Å². The van der Waals surface area contributed by atoms with Gasteiger partial charge in [0.25, 0.3) is 0 Å². The van der Waals surface area contributed by atoms with E-state index < -0.39 is 0 Å². The smallest absolute Gasteiger partial charge is 0.222 e. The zero-order valence-corrected chi connectivity index (χ0v) is 10.3. The summed E-state index contributed by atoms with van der Waals surface area (Å²) in [5, 5.41) is 6.77. The van der Waals surface area contributed by atoms with Crippen molar-refractivity contribution in [3.05, 3.63) is 16.9 Å². The summed E-state index contributed by atoms with van der Waals surface area (Å²) < 4.78 is 0.909. The van der Waals surface area contributed by atoms with Crippen molar-refractivity contribution in [3.63, 3.8) is 0 Å². The lowest BCUT2D eigenvalue weighted by Gasteiger charge is -2.28. The lowest BCUT2D eigenvalue weighted by atomic mass is 10.0. The molecule has 0 bridgehead atoms. The minimum atomic E-state index is 0.488. The molecular formula is C10H15BrN4. The van der Waals surface area contributed by atoms with Crippen LogP contribution in [-0.2, 0) is 0 Å². The maximum Gasteiger partial charge on any atom is 0.222 e. The molecule has 1 aromatic rings. The zero-order chi connectivity index (χ0) is 10.7. The Kier molecular flexibility index (Phi) is 3.53. The molecule has 1 aliphatic heterocycles. The van der Waals surface area contributed by atoms with E-state index >= 15 is 0 Å². The van der Waals surface area contributed by atoms with Crippen molar-refractivity contribution >= 4 is 21.9 Å². The lowest BCUT2D eigenvalue weighted by molar-refractivity contribution is 0.395. The van der Waals surface area contributed by atoms with E-state index in [1.165, 1.54) is 0 Å². The molecule has 2 N–H and O–H groups in total. The average molecular weight is 271 g/mol. The standard InChI is InChI=1S/C10H15BrN4/c1-7-4-9(2-3-12-7)15-10-13-5-8(11)6-14-10/h5-7,9,12H,2-4H2,1H3,(H,13,14,15). The Bertz CT molecular complexity index is 314. The summed E-state index contributed by atoms with van der Waals surface area (Å²) in [7, 11) is 0. The first-order valence-corrected chi connectivity index (χ1v) is 6.01. The van der Waals surface area contributed by atoms with Crippen LogP contribution in [0, 0.1) is 0 Å². The quantitative estimate of drug-likeness (QED) is 0.861. The highest BCUT2D eigenvalue weighted by Gasteiger charge is 2.18. The molecule has 1 fully saturated rings. The van der Waals surface area contributed by atoms with Crippen LogP contribution in [-0.4, -0.2) is 28.6 Å². The highest BCUT2D eigenvalue weighted by atomic mass is 79.9. The molecule has 0 radical (unpaired) electrons. The molecule has 1 saturated heterocycles. The predicted octanol–water partition coefficient (Wildman–Crippen LogP) is 1.79. The average Bonchev–Trinajstić information content (AvgIpc) is 2.22. The van der Waals surface area contributed by atoms with Crippen molar-refractivity contribution in [2.24, 2.45) is 0 Å². The van der Waals surface area contributed by atoms with E-state index in [1.54, 1.807) is 12.4 Å². The summed E-state index contributed by atoms with van der Waals surface area (Å²) in [6, 6.07) is 1.06. The van der Waals surface area contributed by atoms with Crippen LogP contribution in [0.1, 0.15) is 19.8 Å². The molecule has 5 heteroatoms. The second kappa shape index (κ2) is 4.90. The van der Waals surface area contributed by atoms with Crippen molar-refractivity contribution in [1.82, 2.24) is 15.3 Å². The van der Waals surface area contributed by atoms with E-state index in [0.717, 1.165) is 29.8 Å². The number of halogens is 1. The normalized spacial score (nSPS) is 26.3. The lowest BCUT2D eigenvalue weighted by Crippen LogP contribution is -2.41. The molecule has 2 unspecified atom stereocenters. The first kappa shape index (κ1) is 10.8. The van der Waals surface area contributed by atoms with Gasteiger partial charge in [-0.2, -0.15) is 0 Å². The molecule has 0 spiro atoms. The van der Waals surface area contributed by atoms with Crippen molar-refractivity contribution in [1.29, 1.82) is 0 Å². The molecule has 1 aromatic heterocycles. The number of nitrogens with zero attached hydrogens (tertiary/aromatic N) is 2. The van der Waals surface area contributed by atoms with Gasteiger partial charge in [-0.25, -0.2) is 9.97 Å². The van der Waals surface area contributed by atoms with Crippen molar-refractivity contribution in [3.8, 4) is 0 Å². The Morgan fingerprint density at radius 1 is 1.47 bits per heavy atom. The number of nitrogens with one attached hydrogen (secondary N) is 2. The third kappa shape index (κ3) is 3.14. The third-order valence-electron chi connectivity index (χ3n) is 2.58. The molecule has 2 heterocycles. The maximum absolute atomic E-state index is 4.21. The largest absolute Gasteiger partial charge is 0.351 e. The van der Waals surface area contributed by atoms with Gasteiger partial charge in [0, 0.05) is 24.5 Å². The van der Waals surface area contributed by atoms with Gasteiger partial charge in [0.1, 0.15) is 0 Å². The number of anilines is 1. The van der Waals surface area contributed by atoms with Crippen LogP contribution in [0.4, 0.5) is 5.95 Å². The third-order valence-corrected chi connectivity index (χ3v) is 2.99. The number of aromatic nitrogens is 2. The molecule has 2 rings (SSSR count). The molecular weight excluding hydrogens is 256 g/mol. The van der Waals surface area contributed by atoms with E-state index in [9.17, 15) is 0 Å². The van der Waals surface area contributed by atoms with Gasteiger partial charge in [-0.15, -0.1) is 0 Å². The van der Waals surface area contributed by atoms with Gasteiger partial charge < -0.3 is 10.6 Å². The van der Waals surface area contributed by atoms with E-state index in [-0.39, 0.29) is 0 Å². The molecule has 0 aromatic carbocycles. The SMILES string of the molecule is CC1CC(Nc2ncc(Br)cn2)CCN1. The zero-order valence-electron chi connectivity index (χ0n) is 8.70. The first-order valence-electron chi connectivity index (χ1n) is 5.21. The molecule has 0 aliphatic carbocycles. The first-order chi connectivity index (χ1) is 7.24. The second-order valence-electron chi connectivity index (χ2n) is 3.95. The van der Waals surface area contributed by atoms with Gasteiger partial charge in [0.15, 0.2) is 0 Å². The Labute approximate surface area is 98.0 Å². The minimum absolute atomic E-state index is 0.488. The van der Waals surface area contributed by atoms with Crippen LogP contribution in [0.15, 0.2) is 16.9 Å². The summed E-state index contributed by atoms with van der Waals surface area (Å²) in [6.07, 6.45) is 5.78. The predicted molar refractivity (Wildman–Crippen MR) is 63.8 cm³/mol. The Morgan fingerprint density at radius 3 is 2.87 bits per heavy atom. The molecule has 0 amide bonds. The van der Waals surface area contributed by atoms with Gasteiger partial charge in [-0.1, -0.05) is 0 Å². The summed E-state index contributed by atoms with van der Waals surface area (Å²) >= 11 is 3.32. The van der Waals surface area contributed by atoms with Crippen LogP contribution >= 0.6 is 15.9 Å². The topological polar surface area (TPSA) is 49.8 Å². The fraction of sp³-hybridized carbons (Fsp3) is 0.600. The number of hydrogen-bond acceptors (Lipinski definition) is 4. The Balaban J connectivity index is 1.93. The van der Waals surface area contributed by atoms with E-state index in [4.69, 9.17) is 0 Å². The van der Waals surface area contributed by atoms with Gasteiger partial charge in [0.05, 0.1) is 4.47 Å². The van der Waals surface area contributed by atoms with E-state index in [0.29, 0.717) is 12.1 Å². The highest BCUT2D eigenvalue weighted by Crippen LogP contribution is 2.13. The van der Waals surface area contributed by atoms with Crippen LogP contribution in [0.25, 0.3) is 0 Å². The molecule has 0 saturated carbocycles. The fourth-order valence-corrected chi connectivity index (χ4v) is 2.04. The van der Waals surface area contributed by atoms with Crippen LogP contribution < -0.4 is 10.6 Å².